The van der Waals surface area contributed by atoms with Gasteiger partial charge in [0.25, 0.3) is 0 Å². The first-order chi connectivity index (χ1) is 7.95. The van der Waals surface area contributed by atoms with Crippen LogP contribution in [0.2, 0.25) is 0 Å². The molecule has 0 aliphatic carbocycles. The van der Waals surface area contributed by atoms with Gasteiger partial charge in [-0.3, -0.25) is 0 Å². The van der Waals surface area contributed by atoms with Crippen LogP contribution in [0.1, 0.15) is 16.7 Å². The van der Waals surface area contributed by atoms with E-state index in [1.54, 1.807) is 14.2 Å². The third-order valence-electron chi connectivity index (χ3n) is 2.99. The van der Waals surface area contributed by atoms with Crippen LogP contribution in [0.3, 0.4) is 0 Å². The summed E-state index contributed by atoms with van der Waals surface area (Å²) in [5.41, 5.74) is 8.71. The molecule has 0 fully saturated rings. The van der Waals surface area contributed by atoms with Crippen LogP contribution in [-0.2, 0) is 6.42 Å². The normalized spacial score (nSPS) is 10.1. The van der Waals surface area contributed by atoms with Gasteiger partial charge >= 0.3 is 6.03 Å². The summed E-state index contributed by atoms with van der Waals surface area (Å²) in [6.45, 7) is 4.71. The first-order valence-corrected chi connectivity index (χ1v) is 5.60. The molecule has 0 atom stereocenters. The fourth-order valence-electron chi connectivity index (χ4n) is 1.63. The standard InChI is InChI=1S/C13H20N2O2/c1-9-7-11(5-6-15(3)13(14)16)12(17-4)8-10(9)2/h7-8H,5-6H2,1-4H3,(H2,14,16). The number of nitrogens with two attached hydrogens (primary N) is 1. The molecule has 17 heavy (non-hydrogen) atoms. The Kier molecular flexibility index (Phi) is 4.37. The highest BCUT2D eigenvalue weighted by molar-refractivity contribution is 5.71. The molecule has 0 heterocycles. The average Bonchev–Trinajstić information content (AvgIpc) is 2.29. The third-order valence-corrected chi connectivity index (χ3v) is 2.99. The van der Waals surface area contributed by atoms with E-state index in [1.165, 1.54) is 16.0 Å². The van der Waals surface area contributed by atoms with Crippen molar-refractivity contribution < 1.29 is 9.53 Å². The molecule has 0 radical (unpaired) electrons. The van der Waals surface area contributed by atoms with E-state index >= 15 is 0 Å². The molecular formula is C13H20N2O2. The summed E-state index contributed by atoms with van der Waals surface area (Å²) >= 11 is 0. The number of hydrogen-bond donors (Lipinski definition) is 1. The maximum atomic E-state index is 10.9. The molecule has 2 amide bonds. The second-order valence-corrected chi connectivity index (χ2v) is 4.26. The zero-order valence-corrected chi connectivity index (χ0v) is 10.9. The molecule has 0 saturated heterocycles. The Morgan fingerprint density at radius 3 is 2.47 bits per heavy atom. The van der Waals surface area contributed by atoms with Crippen molar-refractivity contribution in [2.24, 2.45) is 5.73 Å². The predicted octanol–water partition coefficient (Wildman–Crippen LogP) is 1.87. The van der Waals surface area contributed by atoms with Crippen LogP contribution in [0.4, 0.5) is 4.79 Å². The smallest absolute Gasteiger partial charge is 0.314 e. The highest BCUT2D eigenvalue weighted by atomic mass is 16.5. The molecule has 0 aromatic heterocycles. The number of ether oxygens (including phenoxy) is 1. The Bertz CT molecular complexity index is 416. The highest BCUT2D eigenvalue weighted by Crippen LogP contribution is 2.23. The fourth-order valence-corrected chi connectivity index (χ4v) is 1.63. The average molecular weight is 236 g/mol. The van der Waals surface area contributed by atoms with Crippen molar-refractivity contribution in [2.45, 2.75) is 20.3 Å². The number of carbonyl (C=O) groups is 1. The second-order valence-electron chi connectivity index (χ2n) is 4.26. The van der Waals surface area contributed by atoms with Crippen molar-refractivity contribution >= 4 is 6.03 Å². The lowest BCUT2D eigenvalue weighted by Crippen LogP contribution is -2.33. The molecule has 0 aliphatic rings. The molecule has 2 N–H and O–H groups in total. The molecule has 0 spiro atoms. The lowest BCUT2D eigenvalue weighted by atomic mass is 10.0. The third kappa shape index (κ3) is 3.37. The zero-order chi connectivity index (χ0) is 13.0. The van der Waals surface area contributed by atoms with E-state index in [9.17, 15) is 4.79 Å². The predicted molar refractivity (Wildman–Crippen MR) is 68.4 cm³/mol. The number of methoxy groups -OCH3 is 1. The summed E-state index contributed by atoms with van der Waals surface area (Å²) < 4.78 is 5.34. The molecule has 0 saturated carbocycles. The number of rotatable bonds is 4. The van der Waals surface area contributed by atoms with Crippen molar-refractivity contribution in [2.75, 3.05) is 20.7 Å². The van der Waals surface area contributed by atoms with Crippen molar-refractivity contribution in [3.63, 3.8) is 0 Å². The van der Waals surface area contributed by atoms with Gasteiger partial charge in [-0.25, -0.2) is 4.79 Å². The summed E-state index contributed by atoms with van der Waals surface area (Å²) in [5, 5.41) is 0. The van der Waals surface area contributed by atoms with E-state index in [2.05, 4.69) is 19.9 Å². The molecule has 1 aromatic rings. The van der Waals surface area contributed by atoms with E-state index in [4.69, 9.17) is 10.5 Å². The van der Waals surface area contributed by atoms with Crippen LogP contribution >= 0.6 is 0 Å². The monoisotopic (exact) mass is 236 g/mol. The summed E-state index contributed by atoms with van der Waals surface area (Å²) in [6.07, 6.45) is 0.740. The van der Waals surface area contributed by atoms with Crippen LogP contribution in [0.25, 0.3) is 0 Å². The van der Waals surface area contributed by atoms with Crippen LogP contribution < -0.4 is 10.5 Å². The number of likely N-dealkylation sites (N-methyl/N-ethyl adjacent to an activating group) is 1. The molecule has 1 aromatic carbocycles. The van der Waals surface area contributed by atoms with Crippen LogP contribution in [0.5, 0.6) is 5.75 Å². The first kappa shape index (κ1) is 13.4. The van der Waals surface area contributed by atoms with Crippen LogP contribution in [0, 0.1) is 13.8 Å². The fraction of sp³-hybridized carbons (Fsp3) is 0.462. The van der Waals surface area contributed by atoms with Gasteiger partial charge in [-0.1, -0.05) is 6.07 Å². The molecule has 4 heteroatoms. The molecule has 0 unspecified atom stereocenters. The maximum Gasteiger partial charge on any atom is 0.314 e. The van der Waals surface area contributed by atoms with Gasteiger partial charge in [0.15, 0.2) is 0 Å². The maximum absolute atomic E-state index is 10.9. The summed E-state index contributed by atoms with van der Waals surface area (Å²) in [5.74, 6) is 0.867. The van der Waals surface area contributed by atoms with Crippen molar-refractivity contribution in [1.82, 2.24) is 4.90 Å². The number of benzene rings is 1. The number of aryl methyl sites for hydroxylation is 2. The van der Waals surface area contributed by atoms with E-state index in [0.29, 0.717) is 6.54 Å². The Morgan fingerprint density at radius 2 is 1.94 bits per heavy atom. The van der Waals surface area contributed by atoms with Gasteiger partial charge in [-0.05, 0) is 43.0 Å². The summed E-state index contributed by atoms with van der Waals surface area (Å²) in [7, 11) is 3.35. The Morgan fingerprint density at radius 1 is 1.35 bits per heavy atom. The van der Waals surface area contributed by atoms with Crippen LogP contribution in [0.15, 0.2) is 12.1 Å². The number of nitrogens with zero attached hydrogens (tertiary/aromatic N) is 1. The van der Waals surface area contributed by atoms with Gasteiger partial charge in [0.2, 0.25) is 0 Å². The lowest BCUT2D eigenvalue weighted by molar-refractivity contribution is 0.219. The zero-order valence-electron chi connectivity index (χ0n) is 10.9. The van der Waals surface area contributed by atoms with Crippen molar-refractivity contribution in [3.05, 3.63) is 28.8 Å². The molecular weight excluding hydrogens is 216 g/mol. The first-order valence-electron chi connectivity index (χ1n) is 5.60. The van der Waals surface area contributed by atoms with Gasteiger partial charge in [-0.15, -0.1) is 0 Å². The van der Waals surface area contributed by atoms with E-state index in [-0.39, 0.29) is 0 Å². The Hall–Kier alpha value is -1.71. The van der Waals surface area contributed by atoms with E-state index in [0.717, 1.165) is 17.7 Å². The van der Waals surface area contributed by atoms with E-state index in [1.807, 2.05) is 6.07 Å². The minimum absolute atomic E-state index is 0.409. The minimum Gasteiger partial charge on any atom is -0.496 e. The molecule has 1 rings (SSSR count). The number of primary amides is 1. The molecule has 94 valence electrons. The van der Waals surface area contributed by atoms with Gasteiger partial charge < -0.3 is 15.4 Å². The lowest BCUT2D eigenvalue weighted by Gasteiger charge is -2.16. The number of hydrogen-bond acceptors (Lipinski definition) is 2. The minimum atomic E-state index is -0.409. The quantitative estimate of drug-likeness (QED) is 0.867. The molecule has 0 aliphatic heterocycles. The highest BCUT2D eigenvalue weighted by Gasteiger charge is 2.08. The van der Waals surface area contributed by atoms with Crippen molar-refractivity contribution in [1.29, 1.82) is 0 Å². The van der Waals surface area contributed by atoms with Crippen molar-refractivity contribution in [3.8, 4) is 5.75 Å². The van der Waals surface area contributed by atoms with Gasteiger partial charge in [0.1, 0.15) is 5.75 Å². The topological polar surface area (TPSA) is 55.6 Å². The SMILES string of the molecule is COc1cc(C)c(C)cc1CCN(C)C(N)=O. The Balaban J connectivity index is 2.83. The molecule has 4 nitrogen and oxygen atoms in total. The van der Waals surface area contributed by atoms with Crippen LogP contribution in [-0.4, -0.2) is 31.6 Å². The number of amides is 2. The summed E-state index contributed by atoms with van der Waals surface area (Å²) in [4.78, 5) is 12.4. The van der Waals surface area contributed by atoms with Gasteiger partial charge in [0, 0.05) is 13.6 Å². The summed E-state index contributed by atoms with van der Waals surface area (Å²) in [6, 6.07) is 3.71. The van der Waals surface area contributed by atoms with Gasteiger partial charge in [0.05, 0.1) is 7.11 Å². The molecule has 0 bridgehead atoms. The number of urea groups is 1. The second kappa shape index (κ2) is 5.57. The largest absolute Gasteiger partial charge is 0.496 e. The van der Waals surface area contributed by atoms with Gasteiger partial charge in [-0.2, -0.15) is 0 Å². The Labute approximate surface area is 102 Å². The number of carbonyl (C=O) groups excluding carboxylic acids is 1. The van der Waals surface area contributed by atoms with E-state index < -0.39 is 6.03 Å².